The monoisotopic (exact) mass is 624 g/mol. The van der Waals surface area contributed by atoms with Crippen molar-refractivity contribution < 1.29 is 37.9 Å². The maximum Gasteiger partial charge on any atom is 0.189 e. The summed E-state index contributed by atoms with van der Waals surface area (Å²) in [4.78, 5) is 0. The number of hydrogen-bond donors (Lipinski definition) is 0. The van der Waals surface area contributed by atoms with Crippen molar-refractivity contribution in [3.63, 3.8) is 0 Å². The first-order chi connectivity index (χ1) is 22.7. The summed E-state index contributed by atoms with van der Waals surface area (Å²) in [6.07, 6.45) is 0.606. The molecule has 0 spiro atoms. The van der Waals surface area contributed by atoms with Gasteiger partial charge in [-0.25, -0.2) is 0 Å². The van der Waals surface area contributed by atoms with E-state index < -0.39 is 0 Å². The standard InChI is InChI=1S/C38H40O8/c1-2-39-25-46-33-17-9-29(10-18-33)38(28-7-15-32(16-8-28)42-21-36-24-45-36)37(26-3-11-30(12-4-26)40-19-34-22-43-34)27-5-13-31(14-6-27)41-20-35-23-44-35/h3-18,34-38H,2,19-25H2,1H3. The normalized spacial score (nSPS) is 20.8. The molecule has 8 heteroatoms. The van der Waals surface area contributed by atoms with E-state index in [1.807, 2.05) is 19.1 Å². The van der Waals surface area contributed by atoms with E-state index in [4.69, 9.17) is 37.9 Å². The van der Waals surface area contributed by atoms with Gasteiger partial charge < -0.3 is 37.9 Å². The first-order valence-electron chi connectivity index (χ1n) is 16.1. The van der Waals surface area contributed by atoms with Gasteiger partial charge in [-0.3, -0.25) is 0 Å². The number of ether oxygens (including phenoxy) is 8. The Balaban J connectivity index is 1.23. The van der Waals surface area contributed by atoms with Crippen LogP contribution in [0.4, 0.5) is 0 Å². The molecule has 4 atom stereocenters. The van der Waals surface area contributed by atoms with E-state index in [9.17, 15) is 0 Å². The number of rotatable bonds is 18. The van der Waals surface area contributed by atoms with Gasteiger partial charge >= 0.3 is 0 Å². The van der Waals surface area contributed by atoms with Crippen molar-refractivity contribution in [1.29, 1.82) is 0 Å². The van der Waals surface area contributed by atoms with Crippen LogP contribution in [0.3, 0.4) is 0 Å². The molecular weight excluding hydrogens is 584 g/mol. The van der Waals surface area contributed by atoms with Crippen LogP contribution in [0.1, 0.15) is 41.0 Å². The molecule has 3 aliphatic rings. The zero-order valence-electron chi connectivity index (χ0n) is 26.0. The molecule has 0 saturated carbocycles. The molecule has 4 aromatic rings. The highest BCUT2D eigenvalue weighted by Crippen LogP contribution is 2.44. The van der Waals surface area contributed by atoms with Crippen LogP contribution in [0.25, 0.3) is 0 Å². The van der Waals surface area contributed by atoms with Crippen molar-refractivity contribution >= 4 is 0 Å². The van der Waals surface area contributed by atoms with E-state index in [0.29, 0.717) is 26.4 Å². The third-order valence-corrected chi connectivity index (χ3v) is 8.32. The van der Waals surface area contributed by atoms with Gasteiger partial charge in [-0.2, -0.15) is 0 Å². The number of hydrogen-bond acceptors (Lipinski definition) is 8. The largest absolute Gasteiger partial charge is 0.491 e. The number of epoxide rings is 3. The van der Waals surface area contributed by atoms with E-state index in [0.717, 1.165) is 48.4 Å². The van der Waals surface area contributed by atoms with Gasteiger partial charge in [0.05, 0.1) is 19.8 Å². The molecule has 0 amide bonds. The van der Waals surface area contributed by atoms with E-state index in [2.05, 4.69) is 84.9 Å². The average Bonchev–Trinajstić information content (AvgIpc) is 3.95. The van der Waals surface area contributed by atoms with E-state index in [-0.39, 0.29) is 36.9 Å². The minimum Gasteiger partial charge on any atom is -0.491 e. The Morgan fingerprint density at radius 2 is 0.761 bits per heavy atom. The first-order valence-corrected chi connectivity index (χ1v) is 16.1. The maximum absolute atomic E-state index is 5.98. The lowest BCUT2D eigenvalue weighted by atomic mass is 9.73. The highest BCUT2D eigenvalue weighted by molar-refractivity contribution is 5.48. The molecule has 0 aromatic heterocycles. The molecule has 0 radical (unpaired) electrons. The molecule has 7 rings (SSSR count). The average molecular weight is 625 g/mol. The summed E-state index contributed by atoms with van der Waals surface area (Å²) < 4.78 is 45.1. The molecule has 3 aliphatic heterocycles. The summed E-state index contributed by atoms with van der Waals surface area (Å²) in [6.45, 7) is 6.78. The van der Waals surface area contributed by atoms with Crippen LogP contribution < -0.4 is 18.9 Å². The van der Waals surface area contributed by atoms with Crippen molar-refractivity contribution in [3.05, 3.63) is 119 Å². The van der Waals surface area contributed by atoms with Gasteiger partial charge in [0.25, 0.3) is 0 Å². The highest BCUT2D eigenvalue weighted by Gasteiger charge is 2.30. The zero-order chi connectivity index (χ0) is 31.1. The topological polar surface area (TPSA) is 83.7 Å². The van der Waals surface area contributed by atoms with E-state index in [1.54, 1.807) is 0 Å². The fourth-order valence-electron chi connectivity index (χ4n) is 5.49. The molecule has 4 aromatic carbocycles. The van der Waals surface area contributed by atoms with Gasteiger partial charge in [-0.1, -0.05) is 48.5 Å². The van der Waals surface area contributed by atoms with Gasteiger partial charge in [0.15, 0.2) is 6.79 Å². The molecular formula is C38H40O8. The lowest BCUT2D eigenvalue weighted by Crippen LogP contribution is -2.15. The van der Waals surface area contributed by atoms with Crippen LogP contribution in [0.5, 0.6) is 23.0 Å². The number of benzene rings is 4. The van der Waals surface area contributed by atoms with Gasteiger partial charge in [0.2, 0.25) is 0 Å². The predicted octanol–water partition coefficient (Wildman–Crippen LogP) is 6.36. The lowest BCUT2D eigenvalue weighted by molar-refractivity contribution is 0.0224. The Hall–Kier alpha value is -4.08. The minimum absolute atomic E-state index is 0.0246. The quantitative estimate of drug-likeness (QED) is 0.0719. The Labute approximate surface area is 270 Å². The fraction of sp³-hybridized carbons (Fsp3) is 0.368. The van der Waals surface area contributed by atoms with Crippen molar-refractivity contribution in [3.8, 4) is 23.0 Å². The van der Waals surface area contributed by atoms with E-state index >= 15 is 0 Å². The maximum atomic E-state index is 5.98. The molecule has 8 nitrogen and oxygen atoms in total. The predicted molar refractivity (Wildman–Crippen MR) is 172 cm³/mol. The van der Waals surface area contributed by atoms with Gasteiger partial charge in [0, 0.05) is 18.4 Å². The van der Waals surface area contributed by atoms with Gasteiger partial charge in [-0.15, -0.1) is 0 Å². The summed E-state index contributed by atoms with van der Waals surface area (Å²) >= 11 is 0. The minimum atomic E-state index is -0.0278. The SMILES string of the molecule is CCOCOc1ccc(C(c2ccc(OCC3CO3)cc2)C(c2ccc(OCC3CO3)cc2)c2ccc(OCC3CO3)cc2)cc1. The Morgan fingerprint density at radius 1 is 0.478 bits per heavy atom. The van der Waals surface area contributed by atoms with Gasteiger partial charge in [0.1, 0.15) is 61.1 Å². The molecule has 3 fully saturated rings. The van der Waals surface area contributed by atoms with Gasteiger partial charge in [-0.05, 0) is 77.7 Å². The molecule has 46 heavy (non-hydrogen) atoms. The van der Waals surface area contributed by atoms with Crippen LogP contribution in [-0.2, 0) is 18.9 Å². The lowest BCUT2D eigenvalue weighted by Gasteiger charge is -2.30. The van der Waals surface area contributed by atoms with Crippen molar-refractivity contribution in [2.45, 2.75) is 37.1 Å². The first kappa shape index (κ1) is 30.6. The van der Waals surface area contributed by atoms with Crippen LogP contribution >= 0.6 is 0 Å². The molecule has 4 unspecified atom stereocenters. The van der Waals surface area contributed by atoms with E-state index in [1.165, 1.54) is 16.7 Å². The molecule has 0 N–H and O–H groups in total. The molecule has 240 valence electrons. The Kier molecular flexibility index (Phi) is 9.68. The van der Waals surface area contributed by atoms with Crippen molar-refractivity contribution in [1.82, 2.24) is 0 Å². The summed E-state index contributed by atoms with van der Waals surface area (Å²) in [5.41, 5.74) is 4.66. The second-order valence-corrected chi connectivity index (χ2v) is 11.8. The van der Waals surface area contributed by atoms with Crippen LogP contribution in [-0.4, -0.2) is 71.4 Å². The van der Waals surface area contributed by atoms with Crippen LogP contribution in [0.2, 0.25) is 0 Å². The smallest absolute Gasteiger partial charge is 0.189 e. The molecule has 3 saturated heterocycles. The zero-order valence-corrected chi connectivity index (χ0v) is 26.0. The second kappa shape index (κ2) is 14.6. The summed E-state index contributed by atoms with van der Waals surface area (Å²) in [7, 11) is 0. The fourth-order valence-corrected chi connectivity index (χ4v) is 5.49. The van der Waals surface area contributed by atoms with Crippen molar-refractivity contribution in [2.75, 3.05) is 53.0 Å². The summed E-state index contributed by atoms with van der Waals surface area (Å²) in [6, 6.07) is 33.6. The van der Waals surface area contributed by atoms with Crippen LogP contribution in [0.15, 0.2) is 97.1 Å². The summed E-state index contributed by atoms with van der Waals surface area (Å²) in [5, 5.41) is 0. The Bertz CT molecular complexity index is 1450. The summed E-state index contributed by atoms with van der Waals surface area (Å²) in [5.74, 6) is 3.20. The third kappa shape index (κ3) is 8.39. The highest BCUT2D eigenvalue weighted by atomic mass is 16.7. The molecule has 3 heterocycles. The van der Waals surface area contributed by atoms with Crippen molar-refractivity contribution in [2.24, 2.45) is 0 Å². The third-order valence-electron chi connectivity index (χ3n) is 8.32. The Morgan fingerprint density at radius 3 is 1.02 bits per heavy atom. The molecule has 0 bridgehead atoms. The second-order valence-electron chi connectivity index (χ2n) is 11.8. The van der Waals surface area contributed by atoms with Crippen LogP contribution in [0, 0.1) is 0 Å². The molecule has 0 aliphatic carbocycles.